The van der Waals surface area contributed by atoms with Gasteiger partial charge in [-0.1, -0.05) is 43.3 Å². The van der Waals surface area contributed by atoms with E-state index in [0.29, 0.717) is 25.6 Å². The molecule has 1 heterocycles. The summed E-state index contributed by atoms with van der Waals surface area (Å²) in [6.45, 7) is 12.4. The molecular formula is C23H37IN4O2. The van der Waals surface area contributed by atoms with Crippen LogP contribution in [0.4, 0.5) is 0 Å². The predicted octanol–water partition coefficient (Wildman–Crippen LogP) is 5.38. The lowest BCUT2D eigenvalue weighted by Gasteiger charge is -2.19. The zero-order chi connectivity index (χ0) is 21.3. The molecule has 2 aromatic rings. The van der Waals surface area contributed by atoms with E-state index in [2.05, 4.69) is 79.7 Å². The average Bonchev–Trinajstić information content (AvgIpc) is 3.16. The first-order valence-electron chi connectivity index (χ1n) is 10.5. The summed E-state index contributed by atoms with van der Waals surface area (Å²) >= 11 is 0. The normalized spacial score (nSPS) is 12.0. The average molecular weight is 528 g/mol. The smallest absolute Gasteiger partial charge is 0.191 e. The van der Waals surface area contributed by atoms with Gasteiger partial charge in [0, 0.05) is 25.6 Å². The maximum absolute atomic E-state index is 5.87. The number of nitrogens with zero attached hydrogens (tertiary/aromatic N) is 2. The molecule has 2 rings (SSSR count). The van der Waals surface area contributed by atoms with Crippen LogP contribution in [0.2, 0.25) is 0 Å². The summed E-state index contributed by atoms with van der Waals surface area (Å²) in [4.78, 5) is 4.29. The second-order valence-electron chi connectivity index (χ2n) is 8.23. The summed E-state index contributed by atoms with van der Waals surface area (Å²) in [7, 11) is 1.76. The van der Waals surface area contributed by atoms with Crippen LogP contribution in [0.3, 0.4) is 0 Å². The van der Waals surface area contributed by atoms with Gasteiger partial charge < -0.3 is 19.9 Å². The van der Waals surface area contributed by atoms with Crippen LogP contribution in [0.25, 0.3) is 0 Å². The molecule has 0 aliphatic carbocycles. The SMILES string of the molecule is CCC(CC)c1cc(CNC(=NC)NCc2cccc(COC(C)(C)C)c2)on1.I. The van der Waals surface area contributed by atoms with Crippen LogP contribution in [0, 0.1) is 0 Å². The summed E-state index contributed by atoms with van der Waals surface area (Å²) in [5, 5.41) is 10.8. The van der Waals surface area contributed by atoms with Gasteiger partial charge in [-0.3, -0.25) is 4.99 Å². The summed E-state index contributed by atoms with van der Waals surface area (Å²) < 4.78 is 11.3. The standard InChI is InChI=1S/C23H36N4O2.HI/c1-7-19(8-2)21-13-20(29-27-21)15-26-22(24-6)25-14-17-10-9-11-18(12-17)16-28-23(3,4)5;/h9-13,19H,7-8,14-16H2,1-6H3,(H2,24,25,26);1H. The third-order valence-electron chi connectivity index (χ3n) is 4.76. The molecule has 0 spiro atoms. The van der Waals surface area contributed by atoms with Crippen LogP contribution < -0.4 is 10.6 Å². The van der Waals surface area contributed by atoms with E-state index in [0.717, 1.165) is 35.8 Å². The van der Waals surface area contributed by atoms with Crippen LogP contribution in [-0.4, -0.2) is 23.8 Å². The molecule has 0 fully saturated rings. The third-order valence-corrected chi connectivity index (χ3v) is 4.76. The Morgan fingerprint density at radius 2 is 1.77 bits per heavy atom. The zero-order valence-electron chi connectivity index (χ0n) is 19.1. The summed E-state index contributed by atoms with van der Waals surface area (Å²) in [6.07, 6.45) is 2.14. The van der Waals surface area contributed by atoms with Gasteiger partial charge in [0.25, 0.3) is 0 Å². The second-order valence-corrected chi connectivity index (χ2v) is 8.23. The molecule has 0 radical (unpaired) electrons. The lowest BCUT2D eigenvalue weighted by Crippen LogP contribution is -2.36. The Bertz CT molecular complexity index is 780. The van der Waals surface area contributed by atoms with Gasteiger partial charge in [-0.15, -0.1) is 24.0 Å². The van der Waals surface area contributed by atoms with E-state index in [9.17, 15) is 0 Å². The second kappa shape index (κ2) is 12.9. The number of guanidine groups is 1. The molecule has 2 N–H and O–H groups in total. The van der Waals surface area contributed by atoms with E-state index >= 15 is 0 Å². The van der Waals surface area contributed by atoms with E-state index in [1.54, 1.807) is 7.05 Å². The molecule has 0 aliphatic heterocycles. The fourth-order valence-corrected chi connectivity index (χ4v) is 3.02. The molecule has 168 valence electrons. The Hall–Kier alpha value is -1.61. The number of aromatic nitrogens is 1. The molecule has 1 aromatic heterocycles. The summed E-state index contributed by atoms with van der Waals surface area (Å²) in [6, 6.07) is 10.4. The van der Waals surface area contributed by atoms with Gasteiger partial charge in [-0.2, -0.15) is 0 Å². The number of hydrogen-bond donors (Lipinski definition) is 2. The number of halogens is 1. The lowest BCUT2D eigenvalue weighted by atomic mass is 9.99. The lowest BCUT2D eigenvalue weighted by molar-refractivity contribution is -0.0149. The molecule has 1 aromatic carbocycles. The molecule has 30 heavy (non-hydrogen) atoms. The highest BCUT2D eigenvalue weighted by Crippen LogP contribution is 2.22. The fraction of sp³-hybridized carbons (Fsp3) is 0.565. The van der Waals surface area contributed by atoms with Crippen molar-refractivity contribution < 1.29 is 9.26 Å². The molecule has 0 atom stereocenters. The van der Waals surface area contributed by atoms with Crippen molar-refractivity contribution in [3.05, 3.63) is 52.9 Å². The molecule has 0 aliphatic rings. The molecule has 6 nitrogen and oxygen atoms in total. The van der Waals surface area contributed by atoms with Crippen molar-refractivity contribution in [3.8, 4) is 0 Å². The summed E-state index contributed by atoms with van der Waals surface area (Å²) in [5.74, 6) is 2.00. The molecule has 0 unspecified atom stereocenters. The van der Waals surface area contributed by atoms with Crippen molar-refractivity contribution in [1.82, 2.24) is 15.8 Å². The van der Waals surface area contributed by atoms with Gasteiger partial charge in [-0.05, 0) is 44.7 Å². The zero-order valence-corrected chi connectivity index (χ0v) is 21.4. The Labute approximate surface area is 198 Å². The number of nitrogens with one attached hydrogen (secondary N) is 2. The van der Waals surface area contributed by atoms with Gasteiger partial charge in [0.2, 0.25) is 0 Å². The molecule has 0 saturated heterocycles. The third kappa shape index (κ3) is 9.04. The Balaban J connectivity index is 0.00000450. The van der Waals surface area contributed by atoms with E-state index in [1.807, 2.05) is 6.07 Å². The molecular weight excluding hydrogens is 491 g/mol. The Morgan fingerprint density at radius 3 is 2.40 bits per heavy atom. The fourth-order valence-electron chi connectivity index (χ4n) is 3.02. The largest absolute Gasteiger partial charge is 0.371 e. The minimum Gasteiger partial charge on any atom is -0.371 e. The molecule has 0 amide bonds. The number of ether oxygens (including phenoxy) is 1. The van der Waals surface area contributed by atoms with Crippen molar-refractivity contribution >= 4 is 29.9 Å². The minimum atomic E-state index is -0.144. The first kappa shape index (κ1) is 26.4. The molecule has 0 saturated carbocycles. The van der Waals surface area contributed by atoms with E-state index in [-0.39, 0.29) is 29.6 Å². The van der Waals surface area contributed by atoms with Crippen LogP contribution in [0.1, 0.15) is 76.0 Å². The first-order chi connectivity index (χ1) is 13.8. The monoisotopic (exact) mass is 528 g/mol. The predicted molar refractivity (Wildman–Crippen MR) is 133 cm³/mol. The van der Waals surface area contributed by atoms with Gasteiger partial charge in [0.05, 0.1) is 24.4 Å². The maximum Gasteiger partial charge on any atom is 0.191 e. The van der Waals surface area contributed by atoms with Crippen LogP contribution in [0.5, 0.6) is 0 Å². The van der Waals surface area contributed by atoms with E-state index in [4.69, 9.17) is 9.26 Å². The van der Waals surface area contributed by atoms with Crippen molar-refractivity contribution in [1.29, 1.82) is 0 Å². The highest BCUT2D eigenvalue weighted by molar-refractivity contribution is 14.0. The number of benzene rings is 1. The van der Waals surface area contributed by atoms with Crippen LogP contribution in [0.15, 0.2) is 39.8 Å². The van der Waals surface area contributed by atoms with Gasteiger partial charge in [0.15, 0.2) is 11.7 Å². The highest BCUT2D eigenvalue weighted by Gasteiger charge is 2.13. The minimum absolute atomic E-state index is 0. The van der Waals surface area contributed by atoms with Gasteiger partial charge in [-0.25, -0.2) is 0 Å². The van der Waals surface area contributed by atoms with Crippen LogP contribution in [-0.2, 0) is 24.4 Å². The topological polar surface area (TPSA) is 71.7 Å². The number of hydrogen-bond acceptors (Lipinski definition) is 4. The quantitative estimate of drug-likeness (QED) is 0.260. The van der Waals surface area contributed by atoms with Crippen molar-refractivity contribution in [2.75, 3.05) is 7.05 Å². The van der Waals surface area contributed by atoms with Crippen molar-refractivity contribution in [2.24, 2.45) is 4.99 Å². The van der Waals surface area contributed by atoms with E-state index < -0.39 is 0 Å². The van der Waals surface area contributed by atoms with Crippen molar-refractivity contribution in [3.63, 3.8) is 0 Å². The van der Waals surface area contributed by atoms with Crippen molar-refractivity contribution in [2.45, 2.75) is 78.7 Å². The highest BCUT2D eigenvalue weighted by atomic mass is 127. The van der Waals surface area contributed by atoms with Crippen LogP contribution >= 0.6 is 24.0 Å². The van der Waals surface area contributed by atoms with Gasteiger partial charge in [0.1, 0.15) is 0 Å². The Morgan fingerprint density at radius 1 is 1.10 bits per heavy atom. The maximum atomic E-state index is 5.87. The number of aliphatic imine (C=N–C) groups is 1. The van der Waals surface area contributed by atoms with E-state index in [1.165, 1.54) is 5.56 Å². The molecule has 7 heteroatoms. The van der Waals surface area contributed by atoms with Gasteiger partial charge >= 0.3 is 0 Å². The summed E-state index contributed by atoms with van der Waals surface area (Å²) in [5.41, 5.74) is 3.23. The number of rotatable bonds is 9. The first-order valence-corrected chi connectivity index (χ1v) is 10.5. The Kier molecular flexibility index (Phi) is 11.4. The molecule has 0 bridgehead atoms.